The van der Waals surface area contributed by atoms with Crippen LogP contribution in [-0.2, 0) is 9.59 Å². The zero-order valence-corrected chi connectivity index (χ0v) is 21.2. The van der Waals surface area contributed by atoms with Crippen LogP contribution in [-0.4, -0.2) is 78.7 Å². The molecule has 5 heteroatoms. The van der Waals surface area contributed by atoms with Gasteiger partial charge in [-0.1, -0.05) is 48.5 Å². The van der Waals surface area contributed by atoms with Crippen molar-refractivity contribution in [3.05, 3.63) is 0 Å². The predicted octanol–water partition coefficient (Wildman–Crippen LogP) is 4.70. The van der Waals surface area contributed by atoms with Gasteiger partial charge in [-0.3, -0.25) is 9.59 Å². The van der Waals surface area contributed by atoms with Crippen LogP contribution in [0.15, 0.2) is 0 Å². The highest BCUT2D eigenvalue weighted by molar-refractivity contribution is 5.80. The fraction of sp³-hybridized carbons (Fsp3) is 0.920. The van der Waals surface area contributed by atoms with Crippen LogP contribution in [0.3, 0.4) is 0 Å². The second kappa shape index (κ2) is 17.7. The molecule has 2 heterocycles. The van der Waals surface area contributed by atoms with E-state index in [-0.39, 0.29) is 11.8 Å². The van der Waals surface area contributed by atoms with Gasteiger partial charge in [-0.2, -0.15) is 0 Å². The first-order chi connectivity index (χ1) is 14.5. The molecule has 0 N–H and O–H groups in total. The van der Waals surface area contributed by atoms with E-state index >= 15 is 0 Å². The standard InChI is InChI=1S/C21H39N3O2.2C2H6/c1-4-22-13-15-23(16-14-22)17-19-9-11-24(12-10-19)21(26)8-6-5-7-20(25)18(2)3;2*1-2/h18-19H,4-17H2,1-3H3;2*1-2H3. The topological polar surface area (TPSA) is 43.9 Å². The molecule has 0 aromatic rings. The van der Waals surface area contributed by atoms with Gasteiger partial charge in [0.15, 0.2) is 0 Å². The minimum Gasteiger partial charge on any atom is -0.343 e. The fourth-order valence-corrected chi connectivity index (χ4v) is 4.04. The van der Waals surface area contributed by atoms with Crippen molar-refractivity contribution >= 4 is 11.7 Å². The van der Waals surface area contributed by atoms with Gasteiger partial charge in [-0.15, -0.1) is 0 Å². The van der Waals surface area contributed by atoms with E-state index < -0.39 is 0 Å². The van der Waals surface area contributed by atoms with Gasteiger partial charge in [-0.05, 0) is 38.1 Å². The molecule has 0 atom stereocenters. The van der Waals surface area contributed by atoms with E-state index in [1.54, 1.807) is 0 Å². The van der Waals surface area contributed by atoms with E-state index in [2.05, 4.69) is 21.6 Å². The molecule has 0 aliphatic carbocycles. The van der Waals surface area contributed by atoms with Crippen molar-refractivity contribution in [2.24, 2.45) is 11.8 Å². The number of likely N-dealkylation sites (N-methyl/N-ethyl adjacent to an activating group) is 1. The summed E-state index contributed by atoms with van der Waals surface area (Å²) in [6.07, 6.45) is 5.21. The molecule has 0 aromatic heterocycles. The molecule has 0 bridgehead atoms. The normalized spacial score (nSPS) is 18.3. The first-order valence-corrected chi connectivity index (χ1v) is 12.7. The number of piperazine rings is 1. The van der Waals surface area contributed by atoms with Gasteiger partial charge in [-0.25, -0.2) is 0 Å². The van der Waals surface area contributed by atoms with Crippen LogP contribution in [0.4, 0.5) is 0 Å². The van der Waals surface area contributed by atoms with E-state index in [1.807, 2.05) is 41.5 Å². The summed E-state index contributed by atoms with van der Waals surface area (Å²) < 4.78 is 0. The van der Waals surface area contributed by atoms with Gasteiger partial charge < -0.3 is 14.7 Å². The highest BCUT2D eigenvalue weighted by Gasteiger charge is 2.25. The SMILES string of the molecule is CC.CC.CCN1CCN(CC2CCN(C(=O)CCCCC(=O)C(C)C)CC2)CC1. The molecule has 2 aliphatic rings. The number of carbonyl (C=O) groups is 2. The van der Waals surface area contributed by atoms with Crippen LogP contribution in [0.5, 0.6) is 0 Å². The molecule has 5 nitrogen and oxygen atoms in total. The molecule has 0 aromatic carbocycles. The number of likely N-dealkylation sites (tertiary alicyclic amines) is 1. The van der Waals surface area contributed by atoms with E-state index in [1.165, 1.54) is 39.3 Å². The third-order valence-electron chi connectivity index (χ3n) is 6.10. The number of carbonyl (C=O) groups excluding carboxylic acids is 2. The Bertz CT molecular complexity index is 438. The first kappa shape index (κ1) is 29.1. The highest BCUT2D eigenvalue weighted by atomic mass is 16.2. The Hall–Kier alpha value is -0.940. The molecule has 1 amide bonds. The number of amides is 1. The van der Waals surface area contributed by atoms with Crippen LogP contribution in [0.2, 0.25) is 0 Å². The quantitative estimate of drug-likeness (QED) is 0.502. The lowest BCUT2D eigenvalue weighted by Gasteiger charge is -2.38. The lowest BCUT2D eigenvalue weighted by Crippen LogP contribution is -2.49. The molecule has 0 unspecified atom stereocenters. The third-order valence-corrected chi connectivity index (χ3v) is 6.10. The smallest absolute Gasteiger partial charge is 0.222 e. The minimum atomic E-state index is 0.120. The van der Waals surface area contributed by atoms with Crippen LogP contribution in [0.25, 0.3) is 0 Å². The zero-order chi connectivity index (χ0) is 22.9. The molecule has 2 rings (SSSR count). The lowest BCUT2D eigenvalue weighted by atomic mass is 9.95. The Morgan fingerprint density at radius 2 is 1.30 bits per heavy atom. The zero-order valence-electron chi connectivity index (χ0n) is 21.2. The van der Waals surface area contributed by atoms with Gasteiger partial charge in [0.2, 0.25) is 5.91 Å². The Labute approximate surface area is 187 Å². The Morgan fingerprint density at radius 1 is 0.800 bits per heavy atom. The number of hydrogen-bond acceptors (Lipinski definition) is 4. The van der Waals surface area contributed by atoms with E-state index in [0.29, 0.717) is 18.6 Å². The number of hydrogen-bond donors (Lipinski definition) is 0. The Morgan fingerprint density at radius 3 is 1.80 bits per heavy atom. The lowest BCUT2D eigenvalue weighted by molar-refractivity contribution is -0.133. The average molecular weight is 426 g/mol. The maximum absolute atomic E-state index is 12.4. The number of Topliss-reactive ketones (excluding diaryl/α,β-unsaturated/α-hetero) is 1. The van der Waals surface area contributed by atoms with Crippen molar-refractivity contribution in [2.45, 2.75) is 87.0 Å². The van der Waals surface area contributed by atoms with Gasteiger partial charge in [0.25, 0.3) is 0 Å². The predicted molar refractivity (Wildman–Crippen MR) is 129 cm³/mol. The summed E-state index contributed by atoms with van der Waals surface area (Å²) in [6.45, 7) is 23.1. The van der Waals surface area contributed by atoms with Gasteiger partial charge >= 0.3 is 0 Å². The Kier molecular flexibility index (Phi) is 17.2. The molecule has 2 aliphatic heterocycles. The fourth-order valence-electron chi connectivity index (χ4n) is 4.04. The van der Waals surface area contributed by atoms with E-state index in [9.17, 15) is 9.59 Å². The van der Waals surface area contributed by atoms with Crippen molar-refractivity contribution in [2.75, 3.05) is 52.4 Å². The molecule has 0 spiro atoms. The summed E-state index contributed by atoms with van der Waals surface area (Å²) in [4.78, 5) is 31.2. The number of rotatable bonds is 9. The third kappa shape index (κ3) is 11.5. The van der Waals surface area contributed by atoms with Gasteiger partial charge in [0, 0.05) is 64.6 Å². The van der Waals surface area contributed by atoms with Crippen molar-refractivity contribution < 1.29 is 9.59 Å². The average Bonchev–Trinajstić information content (AvgIpc) is 2.80. The Balaban J connectivity index is 0.00000198. The van der Waals surface area contributed by atoms with E-state index in [4.69, 9.17) is 0 Å². The van der Waals surface area contributed by atoms with Crippen molar-refractivity contribution in [3.8, 4) is 0 Å². The maximum atomic E-state index is 12.4. The molecule has 2 fully saturated rings. The van der Waals surface area contributed by atoms with Crippen molar-refractivity contribution in [3.63, 3.8) is 0 Å². The molecule has 2 saturated heterocycles. The molecule has 0 saturated carbocycles. The maximum Gasteiger partial charge on any atom is 0.222 e. The monoisotopic (exact) mass is 425 g/mol. The largest absolute Gasteiger partial charge is 0.343 e. The number of piperidine rings is 1. The van der Waals surface area contributed by atoms with Crippen LogP contribution in [0.1, 0.15) is 87.0 Å². The van der Waals surface area contributed by atoms with Crippen LogP contribution in [0, 0.1) is 11.8 Å². The van der Waals surface area contributed by atoms with Crippen molar-refractivity contribution in [1.82, 2.24) is 14.7 Å². The first-order valence-electron chi connectivity index (χ1n) is 12.7. The molecular formula is C25H51N3O2. The highest BCUT2D eigenvalue weighted by Crippen LogP contribution is 2.20. The van der Waals surface area contributed by atoms with Crippen LogP contribution >= 0.6 is 0 Å². The molecule has 0 radical (unpaired) electrons. The van der Waals surface area contributed by atoms with E-state index in [0.717, 1.165) is 44.7 Å². The number of ketones is 1. The van der Waals surface area contributed by atoms with Crippen molar-refractivity contribution in [1.29, 1.82) is 0 Å². The molecule has 30 heavy (non-hydrogen) atoms. The number of unbranched alkanes of at least 4 members (excludes halogenated alkanes) is 1. The molecule has 178 valence electrons. The van der Waals surface area contributed by atoms with Gasteiger partial charge in [0.1, 0.15) is 5.78 Å². The summed E-state index contributed by atoms with van der Waals surface area (Å²) in [6, 6.07) is 0. The van der Waals surface area contributed by atoms with Crippen LogP contribution < -0.4 is 0 Å². The number of nitrogens with zero attached hydrogens (tertiary/aromatic N) is 3. The summed E-state index contributed by atoms with van der Waals surface area (Å²) in [5.74, 6) is 1.47. The summed E-state index contributed by atoms with van der Waals surface area (Å²) in [5, 5.41) is 0. The summed E-state index contributed by atoms with van der Waals surface area (Å²) >= 11 is 0. The summed E-state index contributed by atoms with van der Waals surface area (Å²) in [5.41, 5.74) is 0. The molecular weight excluding hydrogens is 374 g/mol. The van der Waals surface area contributed by atoms with Gasteiger partial charge in [0.05, 0.1) is 0 Å². The minimum absolute atomic E-state index is 0.120. The summed E-state index contributed by atoms with van der Waals surface area (Å²) in [7, 11) is 0. The second-order valence-corrected chi connectivity index (χ2v) is 8.39. The second-order valence-electron chi connectivity index (χ2n) is 8.39.